The van der Waals surface area contributed by atoms with Crippen LogP contribution in [0.4, 0.5) is 0 Å². The quantitative estimate of drug-likeness (QED) is 0.864. The molecule has 1 saturated carbocycles. The van der Waals surface area contributed by atoms with E-state index in [1.54, 1.807) is 0 Å². The highest BCUT2D eigenvalue weighted by Crippen LogP contribution is 2.34. The molecule has 1 aromatic heterocycles. The van der Waals surface area contributed by atoms with Crippen molar-refractivity contribution in [1.82, 2.24) is 10.3 Å². The second kappa shape index (κ2) is 5.17. The Bertz CT molecular complexity index is 632. The molecule has 0 bridgehead atoms. The summed E-state index contributed by atoms with van der Waals surface area (Å²) >= 11 is 0. The highest BCUT2D eigenvalue weighted by atomic mass is 16.1. The van der Waals surface area contributed by atoms with E-state index in [2.05, 4.69) is 17.2 Å². The van der Waals surface area contributed by atoms with Crippen LogP contribution in [0.15, 0.2) is 35.1 Å². The zero-order valence-corrected chi connectivity index (χ0v) is 11.3. The smallest absolute Gasteiger partial charge is 0.252 e. The first kappa shape index (κ1) is 12.4. The highest BCUT2D eigenvalue weighted by Gasteiger charge is 2.35. The number of aromatic nitrogens is 1. The first-order valence-electron chi connectivity index (χ1n) is 7.12. The lowest BCUT2D eigenvalue weighted by molar-refractivity contribution is 0.597. The van der Waals surface area contributed by atoms with Crippen molar-refractivity contribution in [3.63, 3.8) is 0 Å². The maximum atomic E-state index is 12.0. The standard InChI is InChI=1S/C16H20N2O/c1-2-5-11-9-15(11)17-10-13-8-12-6-3-4-7-14(12)18-16(13)19/h3-4,6-8,11,15,17H,2,5,9-10H2,1H3,(H,18,19). The lowest BCUT2D eigenvalue weighted by atomic mass is 10.1. The summed E-state index contributed by atoms with van der Waals surface area (Å²) in [6, 6.07) is 10.5. The van der Waals surface area contributed by atoms with E-state index >= 15 is 0 Å². The second-order valence-electron chi connectivity index (χ2n) is 5.48. The van der Waals surface area contributed by atoms with E-state index in [0.717, 1.165) is 22.4 Å². The molecule has 1 aromatic carbocycles. The van der Waals surface area contributed by atoms with Crippen molar-refractivity contribution in [3.05, 3.63) is 46.2 Å². The van der Waals surface area contributed by atoms with Gasteiger partial charge in [0.25, 0.3) is 5.56 Å². The maximum Gasteiger partial charge on any atom is 0.252 e. The minimum Gasteiger partial charge on any atom is -0.322 e. The Labute approximate surface area is 113 Å². The van der Waals surface area contributed by atoms with Crippen LogP contribution >= 0.6 is 0 Å². The molecule has 3 heteroatoms. The summed E-state index contributed by atoms with van der Waals surface area (Å²) in [6.45, 7) is 2.90. The first-order valence-corrected chi connectivity index (χ1v) is 7.12. The van der Waals surface area contributed by atoms with Crippen molar-refractivity contribution in [2.24, 2.45) is 5.92 Å². The lowest BCUT2D eigenvalue weighted by Crippen LogP contribution is -2.23. The minimum absolute atomic E-state index is 0.0268. The molecule has 1 aliphatic rings. The van der Waals surface area contributed by atoms with Gasteiger partial charge in [-0.2, -0.15) is 0 Å². The molecular formula is C16H20N2O. The van der Waals surface area contributed by atoms with Gasteiger partial charge in [0.2, 0.25) is 0 Å². The molecule has 19 heavy (non-hydrogen) atoms. The number of benzene rings is 1. The number of H-pyrrole nitrogens is 1. The van der Waals surface area contributed by atoms with E-state index in [9.17, 15) is 4.79 Å². The zero-order chi connectivity index (χ0) is 13.2. The van der Waals surface area contributed by atoms with Gasteiger partial charge >= 0.3 is 0 Å². The van der Waals surface area contributed by atoms with Gasteiger partial charge in [0.1, 0.15) is 0 Å². The van der Waals surface area contributed by atoms with E-state index in [1.807, 2.05) is 30.3 Å². The lowest BCUT2D eigenvalue weighted by Gasteiger charge is -2.05. The fourth-order valence-electron chi connectivity index (χ4n) is 2.75. The van der Waals surface area contributed by atoms with Crippen molar-refractivity contribution in [3.8, 4) is 0 Å². The van der Waals surface area contributed by atoms with Gasteiger partial charge in [0.15, 0.2) is 0 Å². The molecule has 2 N–H and O–H groups in total. The van der Waals surface area contributed by atoms with Crippen molar-refractivity contribution in [2.45, 2.75) is 38.8 Å². The number of rotatable bonds is 5. The summed E-state index contributed by atoms with van der Waals surface area (Å²) in [7, 11) is 0. The molecule has 1 aliphatic carbocycles. The Balaban J connectivity index is 1.71. The number of fused-ring (bicyclic) bond motifs is 1. The third-order valence-electron chi connectivity index (χ3n) is 3.97. The molecule has 2 aromatic rings. The van der Waals surface area contributed by atoms with Gasteiger partial charge in [-0.25, -0.2) is 0 Å². The van der Waals surface area contributed by atoms with Crippen LogP contribution in [-0.4, -0.2) is 11.0 Å². The van der Waals surface area contributed by atoms with Crippen LogP contribution in [0.3, 0.4) is 0 Å². The van der Waals surface area contributed by atoms with Gasteiger partial charge < -0.3 is 10.3 Å². The number of hydrogen-bond donors (Lipinski definition) is 2. The van der Waals surface area contributed by atoms with Crippen LogP contribution in [0.2, 0.25) is 0 Å². The summed E-state index contributed by atoms with van der Waals surface area (Å²) in [6.07, 6.45) is 3.81. The number of nitrogens with one attached hydrogen (secondary N) is 2. The van der Waals surface area contributed by atoms with Gasteiger partial charge in [0, 0.05) is 23.7 Å². The van der Waals surface area contributed by atoms with Crippen molar-refractivity contribution < 1.29 is 0 Å². The molecule has 1 heterocycles. The van der Waals surface area contributed by atoms with Crippen LogP contribution in [0.1, 0.15) is 31.7 Å². The average Bonchev–Trinajstić information content (AvgIpc) is 3.15. The topological polar surface area (TPSA) is 44.9 Å². The summed E-state index contributed by atoms with van der Waals surface area (Å²) < 4.78 is 0. The Hall–Kier alpha value is -1.61. The van der Waals surface area contributed by atoms with Gasteiger partial charge in [-0.15, -0.1) is 0 Å². The number of para-hydroxylation sites is 1. The molecule has 100 valence electrons. The summed E-state index contributed by atoms with van der Waals surface area (Å²) in [5.41, 5.74) is 1.77. The Morgan fingerprint density at radius 1 is 1.37 bits per heavy atom. The molecule has 0 amide bonds. The number of hydrogen-bond acceptors (Lipinski definition) is 2. The monoisotopic (exact) mass is 256 g/mol. The van der Waals surface area contributed by atoms with Crippen molar-refractivity contribution in [2.75, 3.05) is 0 Å². The predicted molar refractivity (Wildman–Crippen MR) is 78.2 cm³/mol. The Kier molecular flexibility index (Phi) is 3.38. The zero-order valence-electron chi connectivity index (χ0n) is 11.3. The molecule has 3 nitrogen and oxygen atoms in total. The highest BCUT2D eigenvalue weighted by molar-refractivity contribution is 5.78. The maximum absolute atomic E-state index is 12.0. The third-order valence-corrected chi connectivity index (χ3v) is 3.97. The molecule has 3 rings (SSSR count). The van der Waals surface area contributed by atoms with E-state index in [1.165, 1.54) is 19.3 Å². The molecule has 0 radical (unpaired) electrons. The first-order chi connectivity index (χ1) is 9.28. The van der Waals surface area contributed by atoms with E-state index in [4.69, 9.17) is 0 Å². The van der Waals surface area contributed by atoms with Gasteiger partial charge in [-0.3, -0.25) is 4.79 Å². The Morgan fingerprint density at radius 2 is 2.21 bits per heavy atom. The van der Waals surface area contributed by atoms with E-state index < -0.39 is 0 Å². The van der Waals surface area contributed by atoms with Crippen LogP contribution in [0.5, 0.6) is 0 Å². The van der Waals surface area contributed by atoms with Gasteiger partial charge in [0.05, 0.1) is 0 Å². The molecule has 2 atom stereocenters. The number of pyridine rings is 1. The average molecular weight is 256 g/mol. The van der Waals surface area contributed by atoms with Crippen molar-refractivity contribution >= 4 is 10.9 Å². The summed E-state index contributed by atoms with van der Waals surface area (Å²) in [4.78, 5) is 14.9. The second-order valence-corrected chi connectivity index (χ2v) is 5.48. The summed E-state index contributed by atoms with van der Waals surface area (Å²) in [5.74, 6) is 0.824. The van der Waals surface area contributed by atoms with E-state index in [-0.39, 0.29) is 5.56 Å². The van der Waals surface area contributed by atoms with Crippen LogP contribution < -0.4 is 10.9 Å². The van der Waals surface area contributed by atoms with Crippen LogP contribution in [0, 0.1) is 5.92 Å². The van der Waals surface area contributed by atoms with Crippen LogP contribution in [0.25, 0.3) is 10.9 Å². The van der Waals surface area contributed by atoms with Crippen LogP contribution in [-0.2, 0) is 6.54 Å². The fourth-order valence-corrected chi connectivity index (χ4v) is 2.75. The number of aromatic amines is 1. The molecule has 1 fully saturated rings. The molecule has 0 saturated heterocycles. The normalized spacial score (nSPS) is 21.7. The summed E-state index contributed by atoms with van der Waals surface area (Å²) in [5, 5.41) is 4.59. The molecule has 0 spiro atoms. The van der Waals surface area contributed by atoms with Crippen molar-refractivity contribution in [1.29, 1.82) is 0 Å². The molecule has 0 aliphatic heterocycles. The minimum atomic E-state index is 0.0268. The largest absolute Gasteiger partial charge is 0.322 e. The third kappa shape index (κ3) is 2.71. The SMILES string of the molecule is CCCC1CC1NCc1cc2ccccc2[nH]c1=O. The van der Waals surface area contributed by atoms with Gasteiger partial charge in [-0.1, -0.05) is 31.5 Å². The van der Waals surface area contributed by atoms with Gasteiger partial charge in [-0.05, 0) is 36.3 Å². The van der Waals surface area contributed by atoms with E-state index in [0.29, 0.717) is 12.6 Å². The Morgan fingerprint density at radius 3 is 3.05 bits per heavy atom. The molecule has 2 unspecified atom stereocenters. The predicted octanol–water partition coefficient (Wildman–Crippen LogP) is 2.81. The molecular weight excluding hydrogens is 236 g/mol. The fraction of sp³-hybridized carbons (Fsp3) is 0.438.